The summed E-state index contributed by atoms with van der Waals surface area (Å²) in [4.78, 5) is 27.8. The number of anilines is 8. The van der Waals surface area contributed by atoms with Crippen LogP contribution in [0.1, 0.15) is 36.8 Å². The molecular weight excluding hydrogens is 1110 g/mol. The Balaban J connectivity index is 0.00000420. The number of nitrogens with zero attached hydrogens (tertiary/aromatic N) is 8. The second-order valence-electron chi connectivity index (χ2n) is 15.2. The third kappa shape index (κ3) is 21.5. The standard InChI is InChI=1S/C36H48N12O14S4.4K/c49-21-23-3-1-13-47(19-23)35-43-31(37-11-15-63(51,52)53)41-33(45-35)39-27-9-7-25(29(17-27)65(57,58)59)5-6-26-8-10-28(18-30(26)66(60,61)62)40-34-42-32(38-12-16-64(54,55)56)44-36(46-34)48-14-2-4-24(20-48)22-50;;;;/h5-10,17-18,23-24,49-50H,1-4,11-16,19-22H2,(H,51,52,53)(H,54,55,56)(H,57,58,59)(H,60,61,62)(H2,37,39,41,43,45)(H2,38,40,42,44,46);;;;/q;4*+1/p-4/b6-5+;;;;. The Kier molecular flexibility index (Phi) is 29.1. The van der Waals surface area contributed by atoms with E-state index in [4.69, 9.17) is 0 Å². The van der Waals surface area contributed by atoms with Crippen molar-refractivity contribution in [3.63, 3.8) is 0 Å². The summed E-state index contributed by atoms with van der Waals surface area (Å²) in [6, 6.07) is 7.03. The van der Waals surface area contributed by atoms with E-state index in [0.717, 1.165) is 37.1 Å². The molecule has 2 aromatic carbocycles. The van der Waals surface area contributed by atoms with E-state index < -0.39 is 61.8 Å². The van der Waals surface area contributed by atoms with Gasteiger partial charge in [0.2, 0.25) is 35.7 Å². The second kappa shape index (κ2) is 30.3. The molecule has 34 heteroatoms. The first-order valence-electron chi connectivity index (χ1n) is 20.1. The largest absolute Gasteiger partial charge is 1.00 e. The summed E-state index contributed by atoms with van der Waals surface area (Å²) < 4.78 is 143. The Labute approximate surface area is 575 Å². The molecule has 0 saturated carbocycles. The predicted molar refractivity (Wildman–Crippen MR) is 234 cm³/mol. The number of aliphatic hydroxyl groups is 2. The van der Waals surface area contributed by atoms with Gasteiger partial charge in [-0.1, -0.05) is 24.3 Å². The van der Waals surface area contributed by atoms with Crippen LogP contribution < -0.4 is 237 Å². The summed E-state index contributed by atoms with van der Waals surface area (Å²) in [5, 5.41) is 30.3. The van der Waals surface area contributed by atoms with E-state index in [0.29, 0.717) is 39.0 Å². The van der Waals surface area contributed by atoms with Crippen molar-refractivity contribution in [2.75, 3.05) is 95.1 Å². The van der Waals surface area contributed by atoms with Crippen LogP contribution in [0.5, 0.6) is 0 Å². The molecule has 2 unspecified atom stereocenters. The summed E-state index contributed by atoms with van der Waals surface area (Å²) in [6.45, 7) is 0.840. The molecule has 6 N–H and O–H groups in total. The minimum atomic E-state index is -5.23. The molecule has 4 aromatic rings. The number of hydrogen-bond donors (Lipinski definition) is 6. The number of hydrogen-bond acceptors (Lipinski definition) is 26. The summed E-state index contributed by atoms with van der Waals surface area (Å²) in [5.41, 5.74) is -0.449. The Morgan fingerprint density at radius 1 is 0.557 bits per heavy atom. The molecule has 2 aliphatic rings. The predicted octanol–water partition coefficient (Wildman–Crippen LogP) is -12.1. The number of piperidine rings is 2. The first-order valence-corrected chi connectivity index (χ1v) is 26.0. The molecule has 2 aromatic heterocycles. The molecular formula is C36H44K4N12O14S4. The van der Waals surface area contributed by atoms with E-state index in [2.05, 4.69) is 51.2 Å². The van der Waals surface area contributed by atoms with Gasteiger partial charge in [0.05, 0.1) is 41.5 Å². The SMILES string of the molecule is O=S(=O)([O-])CCNc1nc(Nc2ccc(/C=C/c3ccc(Nc4nc(NCCS(=O)(=O)[O-])nc(N5CCCC(CO)C5)n4)cc3S(=O)(=O)[O-])c(S(=O)(=O)[O-])c2)nc(N2CCCC(CO)C2)n1.[K+].[K+].[K+].[K+]. The number of nitrogens with one attached hydrogen (secondary N) is 4. The van der Waals surface area contributed by atoms with Crippen LogP contribution in [0, 0.1) is 11.8 Å². The van der Waals surface area contributed by atoms with Gasteiger partial charge in [0.25, 0.3) is 0 Å². The number of aromatic nitrogens is 6. The monoisotopic (exact) mass is 1150 g/mol. The smallest absolute Gasteiger partial charge is 0.748 e. The van der Waals surface area contributed by atoms with Gasteiger partial charge < -0.3 is 59.5 Å². The minimum Gasteiger partial charge on any atom is -0.748 e. The van der Waals surface area contributed by atoms with Gasteiger partial charge >= 0.3 is 206 Å². The van der Waals surface area contributed by atoms with E-state index in [-0.39, 0.29) is 302 Å². The zero-order valence-electron chi connectivity index (χ0n) is 38.7. The molecule has 0 aliphatic carbocycles. The van der Waals surface area contributed by atoms with Crippen molar-refractivity contribution in [2.45, 2.75) is 35.5 Å². The van der Waals surface area contributed by atoms with Crippen LogP contribution in [0.25, 0.3) is 12.2 Å². The first-order chi connectivity index (χ1) is 31.0. The van der Waals surface area contributed by atoms with Crippen LogP contribution in [0.4, 0.5) is 47.1 Å². The molecule has 0 amide bonds. The molecule has 360 valence electrons. The summed E-state index contributed by atoms with van der Waals surface area (Å²) in [5.74, 6) is -2.15. The molecule has 70 heavy (non-hydrogen) atoms. The Morgan fingerprint density at radius 3 is 1.24 bits per heavy atom. The van der Waals surface area contributed by atoms with Crippen LogP contribution >= 0.6 is 0 Å². The van der Waals surface area contributed by atoms with Crippen LogP contribution in [-0.4, -0.2) is 156 Å². The van der Waals surface area contributed by atoms with Crippen molar-refractivity contribution in [3.05, 3.63) is 47.5 Å². The van der Waals surface area contributed by atoms with E-state index in [1.807, 2.05) is 0 Å². The zero-order valence-corrected chi connectivity index (χ0v) is 54.4. The van der Waals surface area contributed by atoms with Crippen LogP contribution in [-0.2, 0) is 40.5 Å². The van der Waals surface area contributed by atoms with E-state index >= 15 is 0 Å². The number of rotatable bonds is 20. The quantitative estimate of drug-likeness (QED) is 0.0272. The number of benzene rings is 2. The van der Waals surface area contributed by atoms with Gasteiger partial charge in [0.15, 0.2) is 0 Å². The van der Waals surface area contributed by atoms with Gasteiger partial charge in [-0.05, 0) is 72.9 Å². The summed E-state index contributed by atoms with van der Waals surface area (Å²) in [6.07, 6.45) is 5.08. The topological polar surface area (TPSA) is 401 Å². The van der Waals surface area contributed by atoms with Crippen molar-refractivity contribution >= 4 is 99.7 Å². The molecule has 6 rings (SSSR count). The maximum Gasteiger partial charge on any atom is 1.00 e. The third-order valence-electron chi connectivity index (χ3n) is 10.2. The minimum absolute atomic E-state index is 0. The van der Waals surface area contributed by atoms with Crippen LogP contribution in [0.15, 0.2) is 46.2 Å². The molecule has 4 heterocycles. The zero-order chi connectivity index (χ0) is 47.9. The Hall–Kier alpha value is 1.11. The van der Waals surface area contributed by atoms with Crippen molar-refractivity contribution < 1.29 is 268 Å². The average Bonchev–Trinajstić information content (AvgIpc) is 3.24. The molecule has 2 aliphatic heterocycles. The number of aliphatic hydroxyl groups excluding tert-OH is 2. The van der Waals surface area contributed by atoms with Crippen LogP contribution in [0.3, 0.4) is 0 Å². The molecule has 2 saturated heterocycles. The maximum atomic E-state index is 12.6. The van der Waals surface area contributed by atoms with E-state index in [9.17, 15) is 62.1 Å². The van der Waals surface area contributed by atoms with Crippen molar-refractivity contribution in [1.29, 1.82) is 0 Å². The van der Waals surface area contributed by atoms with Gasteiger partial charge in [-0.2, -0.15) is 29.9 Å². The van der Waals surface area contributed by atoms with Gasteiger partial charge in [0, 0.05) is 63.9 Å². The molecule has 0 spiro atoms. The van der Waals surface area contributed by atoms with Crippen molar-refractivity contribution in [3.8, 4) is 0 Å². The molecule has 0 bridgehead atoms. The van der Waals surface area contributed by atoms with Gasteiger partial charge in [-0.15, -0.1) is 0 Å². The molecule has 26 nitrogen and oxygen atoms in total. The fraction of sp³-hybridized carbons (Fsp3) is 0.444. The molecule has 2 atom stereocenters. The summed E-state index contributed by atoms with van der Waals surface area (Å²) in [7, 11) is -19.7. The van der Waals surface area contributed by atoms with Crippen molar-refractivity contribution in [2.24, 2.45) is 11.8 Å². The molecule has 0 radical (unpaired) electrons. The van der Waals surface area contributed by atoms with Gasteiger partial charge in [0.1, 0.15) is 20.2 Å². The third-order valence-corrected chi connectivity index (χ3v) is 13.4. The fourth-order valence-corrected chi connectivity index (χ4v) is 9.12. The summed E-state index contributed by atoms with van der Waals surface area (Å²) >= 11 is 0. The Morgan fingerprint density at radius 2 is 0.914 bits per heavy atom. The first kappa shape index (κ1) is 67.2. The Bertz CT molecular complexity index is 2710. The molecule has 2 fully saturated rings. The maximum absolute atomic E-state index is 12.6. The van der Waals surface area contributed by atoms with Gasteiger partial charge in [-0.3, -0.25) is 0 Å². The second-order valence-corrected chi connectivity index (χ2v) is 21.0. The average molecular weight is 1150 g/mol. The van der Waals surface area contributed by atoms with E-state index in [1.54, 1.807) is 9.80 Å². The van der Waals surface area contributed by atoms with Crippen LogP contribution in [0.2, 0.25) is 0 Å². The van der Waals surface area contributed by atoms with E-state index in [1.165, 1.54) is 24.3 Å². The van der Waals surface area contributed by atoms with Crippen molar-refractivity contribution in [1.82, 2.24) is 29.9 Å². The van der Waals surface area contributed by atoms with Gasteiger partial charge in [-0.25, -0.2) is 33.7 Å². The normalized spacial score (nSPS) is 16.5. The fourth-order valence-electron chi connectivity index (χ4n) is 7.02.